The fourth-order valence-corrected chi connectivity index (χ4v) is 5.15. The maximum Gasteiger partial charge on any atom is 0.198 e. The first kappa shape index (κ1) is 17.1. The van der Waals surface area contributed by atoms with Crippen LogP contribution in [0, 0.1) is 0 Å². The zero-order valence-electron chi connectivity index (χ0n) is 14.7. The molecule has 0 amide bonds. The Bertz CT molecular complexity index is 1210. The van der Waals surface area contributed by atoms with Crippen molar-refractivity contribution >= 4 is 33.4 Å². The minimum absolute atomic E-state index is 0.0313. The normalized spacial score (nSPS) is 16.6. The van der Waals surface area contributed by atoms with Crippen molar-refractivity contribution in [3.8, 4) is 17.2 Å². The van der Waals surface area contributed by atoms with Crippen LogP contribution in [-0.2, 0) is 11.5 Å². The van der Waals surface area contributed by atoms with Gasteiger partial charge in [-0.2, -0.15) is 10.6 Å². The standard InChI is InChI=1S/C20H17N3O4S/c24-20-17(7-22-15-3-1-13-9-28(25,26)10-14(13)5-15)16-6-12(2-4-18(16)23-20)19-8-21-11-27-19/h1-8,11,23-26H,9-10H2. The van der Waals surface area contributed by atoms with Crippen molar-refractivity contribution in [1.29, 1.82) is 0 Å². The molecule has 4 N–H and O–H groups in total. The Morgan fingerprint density at radius 3 is 2.79 bits per heavy atom. The van der Waals surface area contributed by atoms with E-state index >= 15 is 0 Å². The number of nitrogens with one attached hydrogen (secondary N) is 1. The number of oxazole rings is 1. The van der Waals surface area contributed by atoms with Gasteiger partial charge in [0.05, 0.1) is 29.0 Å². The number of nitrogens with zero attached hydrogens (tertiary/aromatic N) is 2. The Morgan fingerprint density at radius 1 is 1.11 bits per heavy atom. The summed E-state index contributed by atoms with van der Waals surface area (Å²) < 4.78 is 25.1. The highest BCUT2D eigenvalue weighted by Gasteiger charge is 2.25. The number of H-pyrrole nitrogens is 1. The van der Waals surface area contributed by atoms with Crippen LogP contribution in [-0.4, -0.2) is 30.4 Å². The van der Waals surface area contributed by atoms with Crippen molar-refractivity contribution in [1.82, 2.24) is 9.97 Å². The van der Waals surface area contributed by atoms with E-state index in [4.69, 9.17) is 4.42 Å². The van der Waals surface area contributed by atoms with Crippen molar-refractivity contribution < 1.29 is 18.6 Å². The smallest absolute Gasteiger partial charge is 0.198 e. The zero-order valence-corrected chi connectivity index (χ0v) is 15.5. The number of aromatic hydroxyl groups is 1. The molecule has 28 heavy (non-hydrogen) atoms. The number of aromatic nitrogens is 2. The number of hydrogen-bond donors (Lipinski definition) is 4. The maximum atomic E-state index is 10.3. The Morgan fingerprint density at radius 2 is 1.96 bits per heavy atom. The topological polar surface area (TPSA) is 115 Å². The van der Waals surface area contributed by atoms with Gasteiger partial charge in [0.15, 0.2) is 18.0 Å². The molecular formula is C20H17N3O4S. The second-order valence-corrected chi connectivity index (χ2v) is 9.00. The third-order valence-corrected chi connectivity index (χ3v) is 6.39. The Kier molecular flexibility index (Phi) is 3.80. The molecule has 1 aliphatic rings. The molecule has 0 saturated carbocycles. The van der Waals surface area contributed by atoms with Crippen LogP contribution in [0.15, 0.2) is 58.4 Å². The van der Waals surface area contributed by atoms with E-state index in [0.717, 1.165) is 27.6 Å². The first-order valence-electron chi connectivity index (χ1n) is 8.61. The van der Waals surface area contributed by atoms with Crippen LogP contribution in [0.1, 0.15) is 16.7 Å². The lowest BCUT2D eigenvalue weighted by molar-refractivity contribution is 0.457. The number of benzene rings is 2. The Balaban J connectivity index is 1.51. The SMILES string of the molecule is Oc1[nH]c2ccc(-c3cnco3)cc2c1C=Nc1ccc2c(c1)CS(O)(O)C2. The summed E-state index contributed by atoms with van der Waals surface area (Å²) in [7, 11) is -2.55. The lowest BCUT2D eigenvalue weighted by Gasteiger charge is -2.25. The molecule has 0 bridgehead atoms. The molecular weight excluding hydrogens is 378 g/mol. The van der Waals surface area contributed by atoms with Gasteiger partial charge >= 0.3 is 0 Å². The molecule has 4 aromatic rings. The van der Waals surface area contributed by atoms with E-state index in [1.54, 1.807) is 12.4 Å². The highest BCUT2D eigenvalue weighted by atomic mass is 32.3. The summed E-state index contributed by atoms with van der Waals surface area (Å²) in [6, 6.07) is 11.2. The van der Waals surface area contributed by atoms with E-state index in [-0.39, 0.29) is 11.6 Å². The number of fused-ring (bicyclic) bond motifs is 2. The van der Waals surface area contributed by atoms with Crippen LogP contribution >= 0.6 is 10.6 Å². The minimum atomic E-state index is -2.55. The Hall–Kier alpha value is -3.07. The van der Waals surface area contributed by atoms with Gasteiger partial charge in [-0.05, 0) is 41.5 Å². The quantitative estimate of drug-likeness (QED) is 0.363. The lowest BCUT2D eigenvalue weighted by atomic mass is 10.1. The molecule has 7 nitrogen and oxygen atoms in total. The van der Waals surface area contributed by atoms with Crippen LogP contribution in [0.4, 0.5) is 5.69 Å². The average Bonchev–Trinajstić information content (AvgIpc) is 3.35. The van der Waals surface area contributed by atoms with Gasteiger partial charge in [0.2, 0.25) is 0 Å². The van der Waals surface area contributed by atoms with Crippen LogP contribution in [0.25, 0.3) is 22.2 Å². The van der Waals surface area contributed by atoms with E-state index in [9.17, 15) is 14.2 Å². The molecule has 0 fully saturated rings. The van der Waals surface area contributed by atoms with Crippen molar-refractivity contribution in [2.75, 3.05) is 0 Å². The summed E-state index contributed by atoms with van der Waals surface area (Å²) >= 11 is 0. The highest BCUT2D eigenvalue weighted by Crippen LogP contribution is 2.53. The van der Waals surface area contributed by atoms with Gasteiger partial charge in [0.1, 0.15) is 0 Å². The first-order chi connectivity index (χ1) is 13.5. The van der Waals surface area contributed by atoms with Crippen molar-refractivity contribution in [3.05, 3.63) is 65.7 Å². The number of hydrogen-bond acceptors (Lipinski definition) is 6. The van der Waals surface area contributed by atoms with Gasteiger partial charge in [0, 0.05) is 22.7 Å². The summed E-state index contributed by atoms with van der Waals surface area (Å²) in [4.78, 5) is 11.4. The summed E-state index contributed by atoms with van der Waals surface area (Å²) in [5.41, 5.74) is 4.75. The summed E-state index contributed by atoms with van der Waals surface area (Å²) in [6.07, 6.45) is 4.61. The predicted octanol–water partition coefficient (Wildman–Crippen LogP) is 5.04. The minimum Gasteiger partial charge on any atom is -0.494 e. The molecule has 8 heteroatoms. The molecule has 2 aromatic carbocycles. The fraction of sp³-hybridized carbons (Fsp3) is 0.100. The molecule has 0 spiro atoms. The third-order valence-electron chi connectivity index (χ3n) is 4.84. The number of rotatable bonds is 3. The molecule has 0 saturated heterocycles. The molecule has 3 heterocycles. The molecule has 1 aliphatic heterocycles. The predicted molar refractivity (Wildman–Crippen MR) is 109 cm³/mol. The molecule has 0 atom stereocenters. The zero-order chi connectivity index (χ0) is 19.3. The summed E-state index contributed by atoms with van der Waals surface area (Å²) in [5.74, 6) is 1.25. The monoisotopic (exact) mass is 395 g/mol. The van der Waals surface area contributed by atoms with Crippen molar-refractivity contribution in [2.24, 2.45) is 4.99 Å². The van der Waals surface area contributed by atoms with Gasteiger partial charge < -0.3 is 14.5 Å². The van der Waals surface area contributed by atoms with Gasteiger partial charge in [-0.15, -0.1) is 0 Å². The van der Waals surface area contributed by atoms with Crippen molar-refractivity contribution in [2.45, 2.75) is 11.5 Å². The van der Waals surface area contributed by atoms with Gasteiger partial charge in [0.25, 0.3) is 0 Å². The molecule has 0 radical (unpaired) electrons. The van der Waals surface area contributed by atoms with E-state index in [2.05, 4.69) is 15.0 Å². The van der Waals surface area contributed by atoms with Crippen LogP contribution < -0.4 is 0 Å². The maximum absolute atomic E-state index is 10.3. The van der Waals surface area contributed by atoms with Crippen LogP contribution in [0.2, 0.25) is 0 Å². The molecule has 0 aliphatic carbocycles. The first-order valence-corrected chi connectivity index (χ1v) is 10.5. The summed E-state index contributed by atoms with van der Waals surface area (Å²) in [5, 5.41) is 11.1. The van der Waals surface area contributed by atoms with Gasteiger partial charge in [-0.3, -0.25) is 14.1 Å². The van der Waals surface area contributed by atoms with E-state index in [1.165, 1.54) is 6.39 Å². The van der Waals surface area contributed by atoms with E-state index in [0.29, 0.717) is 22.8 Å². The van der Waals surface area contributed by atoms with E-state index in [1.807, 2.05) is 36.4 Å². The van der Waals surface area contributed by atoms with Crippen LogP contribution in [0.5, 0.6) is 5.88 Å². The largest absolute Gasteiger partial charge is 0.494 e. The number of aliphatic imine (C=N–C) groups is 1. The van der Waals surface area contributed by atoms with Gasteiger partial charge in [-0.25, -0.2) is 4.98 Å². The van der Waals surface area contributed by atoms with Crippen LogP contribution in [0.3, 0.4) is 0 Å². The fourth-order valence-electron chi connectivity index (χ4n) is 3.50. The molecule has 5 rings (SSSR count). The highest BCUT2D eigenvalue weighted by molar-refractivity contribution is 8.23. The van der Waals surface area contributed by atoms with Crippen molar-refractivity contribution in [3.63, 3.8) is 0 Å². The Labute approximate surface area is 161 Å². The second kappa shape index (κ2) is 6.23. The number of aromatic amines is 1. The molecule has 2 aromatic heterocycles. The third kappa shape index (κ3) is 2.97. The summed E-state index contributed by atoms with van der Waals surface area (Å²) in [6.45, 7) is 0. The molecule has 0 unspecified atom stereocenters. The average molecular weight is 395 g/mol. The molecule has 142 valence electrons. The lowest BCUT2D eigenvalue weighted by Crippen LogP contribution is -1.93. The second-order valence-electron chi connectivity index (χ2n) is 6.82. The van der Waals surface area contributed by atoms with E-state index < -0.39 is 10.6 Å². The van der Waals surface area contributed by atoms with Gasteiger partial charge in [-0.1, -0.05) is 6.07 Å².